The van der Waals surface area contributed by atoms with Crippen LogP contribution in [-0.2, 0) is 32.7 Å². The third-order valence-corrected chi connectivity index (χ3v) is 1.31. The molecule has 0 aromatic heterocycles. The first kappa shape index (κ1) is 24.3. The Balaban J connectivity index is -0.0000000556. The second-order valence-electron chi connectivity index (χ2n) is 2.18. The minimum atomic E-state index is 0. The van der Waals surface area contributed by atoms with Crippen LogP contribution in [0.3, 0.4) is 0 Å². The molecule has 2 aliphatic carbocycles. The molecule has 0 aromatic rings. The molecule has 0 amide bonds. The average molecular weight is 327 g/mol. The molecule has 0 N–H and O–H groups in total. The Kier molecular flexibility index (Phi) is 33.8. The van der Waals surface area contributed by atoms with Crippen molar-refractivity contribution >= 4 is 0 Å². The molecule has 0 fully saturated rings. The summed E-state index contributed by atoms with van der Waals surface area (Å²) in [5.74, 6) is 0. The Labute approximate surface area is 130 Å². The molecular weight excluding hydrogens is 315 g/mol. The van der Waals surface area contributed by atoms with Crippen molar-refractivity contribution in [1.82, 2.24) is 0 Å². The van der Waals surface area contributed by atoms with Crippen LogP contribution in [0.25, 0.3) is 0 Å². The third kappa shape index (κ3) is 15.4. The topological polar surface area (TPSA) is 0 Å². The maximum Gasteiger partial charge on any atom is 3.00 e. The average Bonchev–Trinajstić information content (AvgIpc) is 2.67. The van der Waals surface area contributed by atoms with Gasteiger partial charge in [0.15, 0.2) is 0 Å². The van der Waals surface area contributed by atoms with E-state index in [0.29, 0.717) is 0 Å². The number of hydrogen-bond donors (Lipinski definition) is 0. The molecule has 0 bridgehead atoms. The van der Waals surface area contributed by atoms with Gasteiger partial charge in [0.25, 0.3) is 0 Å². The summed E-state index contributed by atoms with van der Waals surface area (Å²) in [4.78, 5) is 0. The molecule has 76 valence electrons. The van der Waals surface area contributed by atoms with Gasteiger partial charge in [-0.2, -0.15) is 0 Å². The predicted molar refractivity (Wildman–Crippen MR) is 45.8 cm³/mol. The molecule has 0 radical (unpaired) electrons. The van der Waals surface area contributed by atoms with Crippen molar-refractivity contribution < 1.29 is 69.9 Å². The van der Waals surface area contributed by atoms with Crippen LogP contribution in [0.1, 0.15) is 12.8 Å². The van der Waals surface area contributed by atoms with Crippen LogP contribution in [0, 0.1) is 0 Å². The van der Waals surface area contributed by atoms with E-state index in [1.807, 2.05) is 0 Å². The molecule has 2 rings (SSSR count). The van der Waals surface area contributed by atoms with Gasteiger partial charge in [0.1, 0.15) is 0 Å². The van der Waals surface area contributed by atoms with Gasteiger partial charge in [-0.3, -0.25) is 0 Å². The summed E-state index contributed by atoms with van der Waals surface area (Å²) in [6.45, 7) is 0. The number of hydrogen-bond acceptors (Lipinski definition) is 0. The van der Waals surface area contributed by atoms with E-state index in [0.717, 1.165) is 12.8 Å². The maximum absolute atomic E-state index is 2.12. The molecule has 0 heterocycles. The molecular formula is C10H12Cl3Y. The Bertz CT molecular complexity index is 154. The van der Waals surface area contributed by atoms with Gasteiger partial charge < -0.3 is 37.2 Å². The molecule has 0 aromatic carbocycles. The molecule has 14 heavy (non-hydrogen) atoms. The fraction of sp³-hybridized carbons (Fsp3) is 0.200. The SMILES string of the molecule is C1=CCC=C1.C1=CCC=C1.[Cl-].[Cl-].[Cl-].[Y+3]. The molecule has 0 nitrogen and oxygen atoms in total. The van der Waals surface area contributed by atoms with Crippen molar-refractivity contribution in [1.29, 1.82) is 0 Å². The van der Waals surface area contributed by atoms with E-state index < -0.39 is 0 Å². The summed E-state index contributed by atoms with van der Waals surface area (Å²) in [5.41, 5.74) is 0. The van der Waals surface area contributed by atoms with Crippen molar-refractivity contribution in [3.8, 4) is 0 Å². The van der Waals surface area contributed by atoms with E-state index in [1.165, 1.54) is 0 Å². The Hall–Kier alpha value is 0.934. The van der Waals surface area contributed by atoms with E-state index in [-0.39, 0.29) is 69.9 Å². The van der Waals surface area contributed by atoms with Crippen LogP contribution in [0.4, 0.5) is 0 Å². The van der Waals surface area contributed by atoms with Crippen LogP contribution in [-0.4, -0.2) is 0 Å². The van der Waals surface area contributed by atoms with Gasteiger partial charge in [0, 0.05) is 0 Å². The van der Waals surface area contributed by atoms with Gasteiger partial charge in [-0.05, 0) is 12.8 Å². The summed E-state index contributed by atoms with van der Waals surface area (Å²) < 4.78 is 0. The van der Waals surface area contributed by atoms with E-state index in [9.17, 15) is 0 Å². The molecule has 0 aliphatic heterocycles. The fourth-order valence-electron chi connectivity index (χ4n) is 0.786. The zero-order chi connectivity index (χ0) is 7.07. The maximum atomic E-state index is 2.12. The van der Waals surface area contributed by atoms with E-state index >= 15 is 0 Å². The minimum Gasteiger partial charge on any atom is -1.00 e. The minimum absolute atomic E-state index is 0. The van der Waals surface area contributed by atoms with Crippen LogP contribution < -0.4 is 37.2 Å². The summed E-state index contributed by atoms with van der Waals surface area (Å²) in [6.07, 6.45) is 19.0. The zero-order valence-electron chi connectivity index (χ0n) is 7.74. The van der Waals surface area contributed by atoms with E-state index in [4.69, 9.17) is 0 Å². The quantitative estimate of drug-likeness (QED) is 0.416. The molecule has 0 unspecified atom stereocenters. The van der Waals surface area contributed by atoms with Crippen molar-refractivity contribution in [3.63, 3.8) is 0 Å². The first-order valence-corrected chi connectivity index (χ1v) is 3.63. The third-order valence-electron chi connectivity index (χ3n) is 1.31. The van der Waals surface area contributed by atoms with Crippen LogP contribution in [0.5, 0.6) is 0 Å². The number of halogens is 3. The smallest absolute Gasteiger partial charge is 1.00 e. The second kappa shape index (κ2) is 19.5. The first-order chi connectivity index (χ1) is 5.00. The van der Waals surface area contributed by atoms with E-state index in [1.54, 1.807) is 0 Å². The van der Waals surface area contributed by atoms with Crippen molar-refractivity contribution in [2.75, 3.05) is 0 Å². The van der Waals surface area contributed by atoms with Gasteiger partial charge in [-0.25, -0.2) is 0 Å². The number of rotatable bonds is 0. The molecule has 0 atom stereocenters. The standard InChI is InChI=1S/2C5H6.3ClH.Y/c2*1-2-4-5-3-1;;;;/h2*1-4H,5H2;3*1H;/q;;;;;+3/p-3. The monoisotopic (exact) mass is 326 g/mol. The molecule has 0 saturated heterocycles. The zero-order valence-corrected chi connectivity index (χ0v) is 12.9. The molecule has 0 spiro atoms. The van der Waals surface area contributed by atoms with Crippen LogP contribution >= 0.6 is 0 Å². The Morgan fingerprint density at radius 2 is 0.714 bits per heavy atom. The van der Waals surface area contributed by atoms with Gasteiger partial charge in [0.2, 0.25) is 0 Å². The normalized spacial score (nSPS) is 12.6. The molecule has 0 saturated carbocycles. The summed E-state index contributed by atoms with van der Waals surface area (Å²) >= 11 is 0. The van der Waals surface area contributed by atoms with Gasteiger partial charge in [-0.15, -0.1) is 0 Å². The van der Waals surface area contributed by atoms with Crippen molar-refractivity contribution in [3.05, 3.63) is 48.6 Å². The van der Waals surface area contributed by atoms with Crippen LogP contribution in [0.15, 0.2) is 48.6 Å². The predicted octanol–water partition coefficient (Wildman–Crippen LogP) is -5.99. The number of allylic oxidation sites excluding steroid dienone is 8. The fourth-order valence-corrected chi connectivity index (χ4v) is 0.786. The van der Waals surface area contributed by atoms with Gasteiger partial charge in [0.05, 0.1) is 0 Å². The van der Waals surface area contributed by atoms with Crippen molar-refractivity contribution in [2.24, 2.45) is 0 Å². The Morgan fingerprint density at radius 1 is 0.500 bits per heavy atom. The first-order valence-electron chi connectivity index (χ1n) is 3.63. The van der Waals surface area contributed by atoms with Crippen molar-refractivity contribution in [2.45, 2.75) is 12.8 Å². The van der Waals surface area contributed by atoms with Crippen LogP contribution in [0.2, 0.25) is 0 Å². The Morgan fingerprint density at radius 3 is 0.786 bits per heavy atom. The largest absolute Gasteiger partial charge is 3.00 e. The van der Waals surface area contributed by atoms with Gasteiger partial charge in [-0.1, -0.05) is 48.6 Å². The summed E-state index contributed by atoms with van der Waals surface area (Å²) in [5, 5.41) is 0. The summed E-state index contributed by atoms with van der Waals surface area (Å²) in [6, 6.07) is 0. The van der Waals surface area contributed by atoms with E-state index in [2.05, 4.69) is 48.6 Å². The molecule has 2 aliphatic rings. The van der Waals surface area contributed by atoms with Gasteiger partial charge >= 0.3 is 32.7 Å². The molecule has 4 heteroatoms. The second-order valence-corrected chi connectivity index (χ2v) is 2.18. The summed E-state index contributed by atoms with van der Waals surface area (Å²) in [7, 11) is 0.